The molecule has 2 aromatic rings. The zero-order valence-electron chi connectivity index (χ0n) is 17.3. The van der Waals surface area contributed by atoms with Crippen molar-refractivity contribution in [1.29, 1.82) is 0 Å². The largest absolute Gasteiger partial charge is 0.507 e. The first-order valence-corrected chi connectivity index (χ1v) is 10.4. The van der Waals surface area contributed by atoms with Gasteiger partial charge in [0.15, 0.2) is 0 Å². The lowest BCUT2D eigenvalue weighted by Gasteiger charge is -2.28. The molecular formula is C23H30O2S2. The Balaban J connectivity index is 2.46. The molecule has 146 valence electrons. The molecule has 4 heteroatoms. The number of phenols is 1. The zero-order valence-corrected chi connectivity index (χ0v) is 18.9. The van der Waals surface area contributed by atoms with Crippen molar-refractivity contribution in [2.75, 3.05) is 7.11 Å². The minimum absolute atomic E-state index is 0.163. The van der Waals surface area contributed by atoms with Crippen LogP contribution in [0.25, 0.3) is 0 Å². The predicted molar refractivity (Wildman–Crippen MR) is 121 cm³/mol. The van der Waals surface area contributed by atoms with E-state index in [2.05, 4.69) is 41.5 Å². The van der Waals surface area contributed by atoms with Gasteiger partial charge in [-0.25, -0.2) is 0 Å². The molecule has 0 bridgehead atoms. The van der Waals surface area contributed by atoms with Crippen LogP contribution in [0.2, 0.25) is 0 Å². The van der Waals surface area contributed by atoms with Crippen molar-refractivity contribution >= 4 is 28.2 Å². The second-order valence-electron chi connectivity index (χ2n) is 8.80. The molecule has 0 saturated carbocycles. The first-order chi connectivity index (χ1) is 12.4. The van der Waals surface area contributed by atoms with Crippen LogP contribution in [0.3, 0.4) is 0 Å². The van der Waals surface area contributed by atoms with Gasteiger partial charge in [0.05, 0.1) is 4.20 Å². The number of hydrogen-bond donors (Lipinski definition) is 1. The summed E-state index contributed by atoms with van der Waals surface area (Å²) in [6.45, 7) is 12.6. The molecule has 0 heterocycles. The van der Waals surface area contributed by atoms with Crippen molar-refractivity contribution in [3.63, 3.8) is 0 Å². The SMILES string of the molecule is COC(SC(=S)c1cc(C(C)(C)C)c(O)c(C(C)(C)C)c1)c1ccccc1. The van der Waals surface area contributed by atoms with E-state index in [0.29, 0.717) is 5.75 Å². The van der Waals surface area contributed by atoms with Crippen molar-refractivity contribution in [3.8, 4) is 5.75 Å². The number of thioether (sulfide) groups is 1. The third-order valence-corrected chi connectivity index (χ3v) is 6.11. The van der Waals surface area contributed by atoms with E-state index in [-0.39, 0.29) is 16.3 Å². The zero-order chi connectivity index (χ0) is 20.4. The highest BCUT2D eigenvalue weighted by Crippen LogP contribution is 2.41. The smallest absolute Gasteiger partial charge is 0.133 e. The lowest BCUT2D eigenvalue weighted by molar-refractivity contribution is 0.176. The van der Waals surface area contributed by atoms with E-state index in [1.807, 2.05) is 42.5 Å². The summed E-state index contributed by atoms with van der Waals surface area (Å²) in [5, 5.41) is 10.9. The monoisotopic (exact) mass is 402 g/mol. The Morgan fingerprint density at radius 3 is 1.85 bits per heavy atom. The van der Waals surface area contributed by atoms with Crippen molar-refractivity contribution < 1.29 is 9.84 Å². The summed E-state index contributed by atoms with van der Waals surface area (Å²) >= 11 is 7.30. The number of aromatic hydroxyl groups is 1. The molecule has 0 aliphatic carbocycles. The summed E-state index contributed by atoms with van der Waals surface area (Å²) in [7, 11) is 1.70. The fourth-order valence-electron chi connectivity index (χ4n) is 2.92. The molecule has 0 spiro atoms. The molecule has 0 fully saturated rings. The second kappa shape index (κ2) is 8.34. The second-order valence-corrected chi connectivity index (χ2v) is 10.5. The molecule has 0 aliphatic rings. The number of ether oxygens (including phenoxy) is 1. The number of hydrogen-bond acceptors (Lipinski definition) is 4. The Kier molecular flexibility index (Phi) is 6.77. The molecule has 1 atom stereocenters. The summed E-state index contributed by atoms with van der Waals surface area (Å²) < 4.78 is 6.44. The van der Waals surface area contributed by atoms with Crippen LogP contribution < -0.4 is 0 Å². The molecular weight excluding hydrogens is 372 g/mol. The molecule has 0 saturated heterocycles. The van der Waals surface area contributed by atoms with Crippen LogP contribution in [-0.2, 0) is 15.6 Å². The first-order valence-electron chi connectivity index (χ1n) is 9.12. The molecule has 0 amide bonds. The van der Waals surface area contributed by atoms with Crippen LogP contribution in [0.4, 0.5) is 0 Å². The molecule has 1 unspecified atom stereocenters. The van der Waals surface area contributed by atoms with Gasteiger partial charge < -0.3 is 9.84 Å². The van der Waals surface area contributed by atoms with Crippen LogP contribution in [0.15, 0.2) is 42.5 Å². The fourth-order valence-corrected chi connectivity index (χ4v) is 4.14. The van der Waals surface area contributed by atoms with Crippen LogP contribution in [0, 0.1) is 0 Å². The van der Waals surface area contributed by atoms with Crippen molar-refractivity contribution in [2.24, 2.45) is 0 Å². The molecule has 0 radical (unpaired) electrons. The van der Waals surface area contributed by atoms with Gasteiger partial charge in [0.2, 0.25) is 0 Å². The van der Waals surface area contributed by atoms with E-state index < -0.39 is 0 Å². The van der Waals surface area contributed by atoms with Crippen LogP contribution in [-0.4, -0.2) is 16.4 Å². The van der Waals surface area contributed by atoms with Gasteiger partial charge in [0, 0.05) is 18.2 Å². The highest BCUT2D eigenvalue weighted by Gasteiger charge is 2.27. The van der Waals surface area contributed by atoms with E-state index in [0.717, 1.165) is 26.5 Å². The Morgan fingerprint density at radius 1 is 0.963 bits per heavy atom. The van der Waals surface area contributed by atoms with Gasteiger partial charge in [-0.2, -0.15) is 0 Å². The van der Waals surface area contributed by atoms with Crippen LogP contribution in [0.5, 0.6) is 5.75 Å². The quantitative estimate of drug-likeness (QED) is 0.453. The van der Waals surface area contributed by atoms with Gasteiger partial charge in [0.1, 0.15) is 11.2 Å². The molecule has 2 aromatic carbocycles. The Labute approximate surface area is 173 Å². The van der Waals surface area contributed by atoms with Crippen LogP contribution in [0.1, 0.15) is 69.2 Å². The van der Waals surface area contributed by atoms with Gasteiger partial charge in [-0.1, -0.05) is 95.9 Å². The van der Waals surface area contributed by atoms with Crippen molar-refractivity contribution in [2.45, 2.75) is 57.8 Å². The van der Waals surface area contributed by atoms with Crippen molar-refractivity contribution in [3.05, 3.63) is 64.7 Å². The molecule has 27 heavy (non-hydrogen) atoms. The van der Waals surface area contributed by atoms with Crippen molar-refractivity contribution in [1.82, 2.24) is 0 Å². The third kappa shape index (κ3) is 5.34. The maximum Gasteiger partial charge on any atom is 0.133 e. The highest BCUT2D eigenvalue weighted by atomic mass is 32.2. The molecule has 2 rings (SSSR count). The minimum atomic E-state index is -0.180. The third-order valence-electron chi connectivity index (χ3n) is 4.46. The van der Waals surface area contributed by atoms with E-state index in [1.165, 1.54) is 11.8 Å². The van der Waals surface area contributed by atoms with Gasteiger partial charge in [-0.3, -0.25) is 0 Å². The fraction of sp³-hybridized carbons (Fsp3) is 0.435. The molecule has 0 aliphatic heterocycles. The number of phenolic OH excluding ortho intramolecular Hbond substituents is 1. The predicted octanol–water partition coefficient (Wildman–Crippen LogP) is 6.74. The molecule has 0 aromatic heterocycles. The summed E-state index contributed by atoms with van der Waals surface area (Å²) in [5.74, 6) is 0.373. The summed E-state index contributed by atoms with van der Waals surface area (Å²) in [4.78, 5) is 0. The summed E-state index contributed by atoms with van der Waals surface area (Å²) in [6, 6.07) is 14.1. The summed E-state index contributed by atoms with van der Waals surface area (Å²) in [5.41, 5.74) is 3.35. The lowest BCUT2D eigenvalue weighted by atomic mass is 9.78. The Morgan fingerprint density at radius 2 is 1.44 bits per heavy atom. The topological polar surface area (TPSA) is 29.5 Å². The normalized spacial score (nSPS) is 13.4. The highest BCUT2D eigenvalue weighted by molar-refractivity contribution is 8.23. The molecule has 1 N–H and O–H groups in total. The van der Waals surface area contributed by atoms with Gasteiger partial charge in [-0.15, -0.1) is 0 Å². The van der Waals surface area contributed by atoms with E-state index >= 15 is 0 Å². The van der Waals surface area contributed by atoms with Gasteiger partial charge in [0.25, 0.3) is 0 Å². The van der Waals surface area contributed by atoms with E-state index in [1.54, 1.807) is 7.11 Å². The maximum absolute atomic E-state index is 10.9. The standard InChI is InChI=1S/C23H30O2S2/c1-22(2,3)17-13-16(14-18(19(17)24)23(4,5)6)21(26)27-20(25-7)15-11-9-8-10-12-15/h8-14,20,24H,1-7H3. The number of methoxy groups -OCH3 is 1. The Hall–Kier alpha value is -1.36. The number of rotatable bonds is 4. The summed E-state index contributed by atoms with van der Waals surface area (Å²) in [6.07, 6.45) is 0. The molecule has 2 nitrogen and oxygen atoms in total. The van der Waals surface area contributed by atoms with E-state index in [9.17, 15) is 5.11 Å². The lowest BCUT2D eigenvalue weighted by Crippen LogP contribution is -2.18. The van der Waals surface area contributed by atoms with Gasteiger partial charge in [-0.05, 0) is 34.1 Å². The number of benzene rings is 2. The van der Waals surface area contributed by atoms with E-state index in [4.69, 9.17) is 17.0 Å². The number of thiocarbonyl (C=S) groups is 1. The minimum Gasteiger partial charge on any atom is -0.507 e. The van der Waals surface area contributed by atoms with Gasteiger partial charge >= 0.3 is 0 Å². The Bertz CT molecular complexity index is 764. The average Bonchev–Trinajstić information content (AvgIpc) is 2.58. The average molecular weight is 403 g/mol. The van der Waals surface area contributed by atoms with Crippen LogP contribution >= 0.6 is 24.0 Å². The maximum atomic E-state index is 10.9. The first kappa shape index (κ1) is 21.9.